The summed E-state index contributed by atoms with van der Waals surface area (Å²) in [6.45, 7) is 1.76. The first-order valence-corrected chi connectivity index (χ1v) is 7.92. The lowest BCUT2D eigenvalue weighted by Gasteiger charge is -2.50. The van der Waals surface area contributed by atoms with Crippen molar-refractivity contribution in [3.63, 3.8) is 0 Å². The second kappa shape index (κ2) is 6.16. The Labute approximate surface area is 143 Å². The van der Waals surface area contributed by atoms with Crippen LogP contribution < -0.4 is 16.4 Å². The molecule has 0 amide bonds. The summed E-state index contributed by atoms with van der Waals surface area (Å²) < 4.78 is 0. The maximum absolute atomic E-state index is 9.45. The van der Waals surface area contributed by atoms with E-state index >= 15 is 0 Å². The summed E-state index contributed by atoms with van der Waals surface area (Å²) in [6, 6.07) is 3.70. The van der Waals surface area contributed by atoms with E-state index in [4.69, 9.17) is 34.7 Å². The number of benzene rings is 1. The van der Waals surface area contributed by atoms with E-state index in [2.05, 4.69) is 15.2 Å². The lowest BCUT2D eigenvalue weighted by atomic mass is 9.80. The number of aromatic nitrogens is 3. The molecule has 23 heavy (non-hydrogen) atoms. The molecule has 1 aliphatic rings. The Kier molecular flexibility index (Phi) is 4.37. The molecule has 3 rings (SSSR count). The van der Waals surface area contributed by atoms with Gasteiger partial charge < -0.3 is 21.5 Å². The van der Waals surface area contributed by atoms with Crippen molar-refractivity contribution in [2.24, 2.45) is 11.1 Å². The normalized spacial score (nSPS) is 16.4. The van der Waals surface area contributed by atoms with Gasteiger partial charge in [0.15, 0.2) is 0 Å². The van der Waals surface area contributed by atoms with Crippen molar-refractivity contribution in [2.45, 2.75) is 6.42 Å². The molecule has 2 aromatic rings. The number of aliphatic hydroxyl groups is 1. The molecular formula is C14H18Cl2N6O. The van der Waals surface area contributed by atoms with Crippen LogP contribution >= 0.6 is 23.2 Å². The highest BCUT2D eigenvalue weighted by Gasteiger charge is 2.42. The Morgan fingerprint density at radius 3 is 2.43 bits per heavy atom. The summed E-state index contributed by atoms with van der Waals surface area (Å²) >= 11 is 12.8. The van der Waals surface area contributed by atoms with Gasteiger partial charge in [0.05, 0.1) is 22.3 Å². The van der Waals surface area contributed by atoms with Crippen molar-refractivity contribution in [1.82, 2.24) is 15.2 Å². The van der Waals surface area contributed by atoms with Crippen LogP contribution in [0.4, 0.5) is 11.6 Å². The highest BCUT2D eigenvalue weighted by Crippen LogP contribution is 2.42. The fraction of sp³-hybridized carbons (Fsp3) is 0.429. The number of nitrogens with one attached hydrogen (secondary N) is 1. The number of H-pyrrole nitrogens is 1. The molecule has 1 aromatic heterocycles. The number of rotatable bonds is 5. The fourth-order valence-corrected chi connectivity index (χ4v) is 3.59. The van der Waals surface area contributed by atoms with Gasteiger partial charge in [0.25, 0.3) is 0 Å². The zero-order chi connectivity index (χ0) is 16.6. The molecule has 0 spiro atoms. The van der Waals surface area contributed by atoms with Crippen molar-refractivity contribution in [1.29, 1.82) is 0 Å². The van der Waals surface area contributed by atoms with Gasteiger partial charge in [-0.1, -0.05) is 23.2 Å². The van der Waals surface area contributed by atoms with Crippen LogP contribution in [0.25, 0.3) is 0 Å². The lowest BCUT2D eigenvalue weighted by Crippen LogP contribution is -2.62. The van der Waals surface area contributed by atoms with Crippen molar-refractivity contribution in [3.8, 4) is 0 Å². The molecule has 1 aromatic carbocycles. The highest BCUT2D eigenvalue weighted by atomic mass is 35.5. The molecule has 0 unspecified atom stereocenters. The molecule has 2 heterocycles. The molecule has 1 fully saturated rings. The van der Waals surface area contributed by atoms with Gasteiger partial charge in [0, 0.05) is 31.5 Å². The van der Waals surface area contributed by atoms with Crippen LogP contribution in [-0.2, 0) is 6.42 Å². The lowest BCUT2D eigenvalue weighted by molar-refractivity contribution is 0.101. The van der Waals surface area contributed by atoms with Crippen LogP contribution in [0, 0.1) is 5.41 Å². The van der Waals surface area contributed by atoms with Crippen LogP contribution in [0.1, 0.15) is 11.4 Å². The van der Waals surface area contributed by atoms with Crippen molar-refractivity contribution < 1.29 is 5.11 Å². The van der Waals surface area contributed by atoms with E-state index in [1.54, 1.807) is 0 Å². The summed E-state index contributed by atoms with van der Waals surface area (Å²) in [5.41, 5.74) is 12.6. The van der Waals surface area contributed by atoms with Gasteiger partial charge in [0.2, 0.25) is 5.95 Å². The largest absolute Gasteiger partial charge is 0.396 e. The third kappa shape index (κ3) is 3.10. The van der Waals surface area contributed by atoms with E-state index in [0.29, 0.717) is 41.9 Å². The maximum atomic E-state index is 9.45. The van der Waals surface area contributed by atoms with Gasteiger partial charge in [-0.05, 0) is 17.7 Å². The van der Waals surface area contributed by atoms with Crippen molar-refractivity contribution in [3.05, 3.63) is 33.6 Å². The molecule has 6 N–H and O–H groups in total. The molecule has 1 saturated heterocycles. The highest BCUT2D eigenvalue weighted by molar-refractivity contribution is 6.39. The molecule has 0 atom stereocenters. The van der Waals surface area contributed by atoms with E-state index in [9.17, 15) is 5.11 Å². The number of halogens is 2. The Hall–Kier alpha value is -1.54. The number of nitrogens with two attached hydrogens (primary N) is 2. The molecule has 0 saturated carbocycles. The molecular weight excluding hydrogens is 339 g/mol. The van der Waals surface area contributed by atoms with Gasteiger partial charge in [0.1, 0.15) is 5.82 Å². The molecule has 1 aliphatic heterocycles. The second-order valence-corrected chi connectivity index (χ2v) is 6.76. The minimum Gasteiger partial charge on any atom is -0.396 e. The summed E-state index contributed by atoms with van der Waals surface area (Å²) in [5.74, 6) is 0.852. The number of hydrogen-bond donors (Lipinski definition) is 4. The molecule has 124 valence electrons. The predicted octanol–water partition coefficient (Wildman–Crippen LogP) is 1.04. The van der Waals surface area contributed by atoms with Crippen LogP contribution in [-0.4, -0.2) is 46.5 Å². The third-order valence-electron chi connectivity index (χ3n) is 4.13. The Morgan fingerprint density at radius 1 is 1.30 bits per heavy atom. The zero-order valence-corrected chi connectivity index (χ0v) is 13.9. The van der Waals surface area contributed by atoms with E-state index < -0.39 is 0 Å². The predicted molar refractivity (Wildman–Crippen MR) is 90.8 cm³/mol. The van der Waals surface area contributed by atoms with E-state index in [1.807, 2.05) is 17.0 Å². The Morgan fingerprint density at radius 2 is 1.96 bits per heavy atom. The summed E-state index contributed by atoms with van der Waals surface area (Å²) in [6.07, 6.45) is 0.507. The SMILES string of the molecule is NCC1(CO)CN(c2c(Cl)cc(Cc3nc(N)n[nH]3)cc2Cl)C1. The van der Waals surface area contributed by atoms with Crippen LogP contribution in [0.2, 0.25) is 10.0 Å². The fourth-order valence-electron chi connectivity index (χ4n) is 2.82. The Bertz CT molecular complexity index is 684. The first-order chi connectivity index (χ1) is 11.0. The molecule has 7 nitrogen and oxygen atoms in total. The number of nitrogens with zero attached hydrogens (tertiary/aromatic N) is 3. The van der Waals surface area contributed by atoms with Gasteiger partial charge in [-0.15, -0.1) is 5.10 Å². The van der Waals surface area contributed by atoms with E-state index in [0.717, 1.165) is 11.3 Å². The standard InChI is InChI=1S/C14H18Cl2N6O/c15-9-1-8(3-11-19-13(18)21-20-11)2-10(16)12(9)22-5-14(4-17,6-22)7-23/h1-2,23H,3-7,17H2,(H3,18,19,20,21). The minimum absolute atomic E-state index is 0.0558. The first-order valence-electron chi connectivity index (χ1n) is 7.17. The maximum Gasteiger partial charge on any atom is 0.239 e. The number of hydrogen-bond acceptors (Lipinski definition) is 6. The van der Waals surface area contributed by atoms with Gasteiger partial charge >= 0.3 is 0 Å². The quantitative estimate of drug-likeness (QED) is 0.635. The summed E-state index contributed by atoms with van der Waals surface area (Å²) in [4.78, 5) is 6.10. The van der Waals surface area contributed by atoms with Crippen LogP contribution in [0.3, 0.4) is 0 Å². The van der Waals surface area contributed by atoms with Crippen molar-refractivity contribution in [2.75, 3.05) is 36.9 Å². The number of aliphatic hydroxyl groups excluding tert-OH is 1. The number of nitrogen functional groups attached to an aromatic ring is 1. The molecule has 0 aliphatic carbocycles. The average Bonchev–Trinajstić information content (AvgIpc) is 2.86. The van der Waals surface area contributed by atoms with E-state index in [-0.39, 0.29) is 18.0 Å². The topological polar surface area (TPSA) is 117 Å². The second-order valence-electron chi connectivity index (χ2n) is 5.94. The number of aromatic amines is 1. The third-order valence-corrected chi connectivity index (χ3v) is 4.71. The van der Waals surface area contributed by atoms with Gasteiger partial charge in [-0.25, -0.2) is 0 Å². The first kappa shape index (κ1) is 16.3. The molecule has 0 radical (unpaired) electrons. The van der Waals surface area contributed by atoms with Crippen molar-refractivity contribution >= 4 is 34.8 Å². The van der Waals surface area contributed by atoms with Gasteiger partial charge in [-0.3, -0.25) is 5.10 Å². The Balaban J connectivity index is 1.79. The average molecular weight is 357 g/mol. The van der Waals surface area contributed by atoms with Crippen LogP contribution in [0.15, 0.2) is 12.1 Å². The zero-order valence-electron chi connectivity index (χ0n) is 12.4. The smallest absolute Gasteiger partial charge is 0.239 e. The molecule has 0 bridgehead atoms. The van der Waals surface area contributed by atoms with Gasteiger partial charge in [-0.2, -0.15) is 4.98 Å². The molecule has 9 heteroatoms. The monoisotopic (exact) mass is 356 g/mol. The van der Waals surface area contributed by atoms with Crippen LogP contribution in [0.5, 0.6) is 0 Å². The van der Waals surface area contributed by atoms with E-state index in [1.165, 1.54) is 0 Å². The summed E-state index contributed by atoms with van der Waals surface area (Å²) in [5, 5.41) is 17.1. The summed E-state index contributed by atoms with van der Waals surface area (Å²) in [7, 11) is 0. The minimum atomic E-state index is -0.261. The number of anilines is 2.